The van der Waals surface area contributed by atoms with Crippen LogP contribution in [0, 0.1) is 0 Å². The van der Waals surface area contributed by atoms with E-state index in [-0.39, 0.29) is 17.3 Å². The summed E-state index contributed by atoms with van der Waals surface area (Å²) in [4.78, 5) is 27.6. The van der Waals surface area contributed by atoms with Gasteiger partial charge in [0.25, 0.3) is 5.56 Å². The Kier molecular flexibility index (Phi) is 5.62. The lowest BCUT2D eigenvalue weighted by molar-refractivity contribution is 0.340. The predicted molar refractivity (Wildman–Crippen MR) is 124 cm³/mol. The zero-order valence-electron chi connectivity index (χ0n) is 17.9. The molecule has 6 nitrogen and oxygen atoms in total. The van der Waals surface area contributed by atoms with E-state index in [1.54, 1.807) is 7.05 Å². The molecular formula is C25H25N3O3. The molecular weight excluding hydrogens is 390 g/mol. The van der Waals surface area contributed by atoms with E-state index in [1.807, 2.05) is 90.8 Å². The van der Waals surface area contributed by atoms with Gasteiger partial charge in [-0.1, -0.05) is 42.5 Å². The van der Waals surface area contributed by atoms with E-state index in [0.29, 0.717) is 17.9 Å². The lowest BCUT2D eigenvalue weighted by atomic mass is 9.98. The molecule has 0 amide bonds. The highest BCUT2D eigenvalue weighted by molar-refractivity contribution is 5.67. The summed E-state index contributed by atoms with van der Waals surface area (Å²) in [5.41, 5.74) is 2.51. The number of nitrogens with zero attached hydrogens (tertiary/aromatic N) is 3. The van der Waals surface area contributed by atoms with E-state index < -0.39 is 0 Å². The Morgan fingerprint density at radius 1 is 0.968 bits per heavy atom. The van der Waals surface area contributed by atoms with Crippen LogP contribution in [-0.4, -0.2) is 15.7 Å². The first kappa shape index (κ1) is 20.5. The minimum Gasteiger partial charge on any atom is -0.494 e. The summed E-state index contributed by atoms with van der Waals surface area (Å²) < 4.78 is 8.24. The molecule has 3 aromatic rings. The molecule has 1 atom stereocenters. The number of rotatable bonds is 5. The molecule has 1 unspecified atom stereocenters. The minimum absolute atomic E-state index is 0.291. The van der Waals surface area contributed by atoms with Gasteiger partial charge in [0.15, 0.2) is 0 Å². The second-order valence-electron chi connectivity index (χ2n) is 7.37. The van der Waals surface area contributed by atoms with Gasteiger partial charge < -0.3 is 9.64 Å². The molecule has 158 valence electrons. The van der Waals surface area contributed by atoms with Gasteiger partial charge in [-0.15, -0.1) is 0 Å². The third-order valence-electron chi connectivity index (χ3n) is 5.45. The summed E-state index contributed by atoms with van der Waals surface area (Å²) >= 11 is 0. The number of anilines is 1. The Labute approximate surface area is 181 Å². The van der Waals surface area contributed by atoms with Crippen LogP contribution in [0.5, 0.6) is 5.75 Å². The average Bonchev–Trinajstić information content (AvgIpc) is 2.81. The van der Waals surface area contributed by atoms with Crippen LogP contribution in [0.4, 0.5) is 5.69 Å². The molecule has 0 saturated carbocycles. The zero-order valence-corrected chi connectivity index (χ0v) is 17.9. The normalized spacial score (nSPS) is 15.3. The minimum atomic E-state index is -0.372. The van der Waals surface area contributed by atoms with Crippen molar-refractivity contribution in [3.63, 3.8) is 0 Å². The number of benzene rings is 2. The van der Waals surface area contributed by atoms with E-state index in [2.05, 4.69) is 0 Å². The molecule has 0 fully saturated rings. The van der Waals surface area contributed by atoms with Crippen molar-refractivity contribution in [3.05, 3.63) is 105 Å². The molecule has 0 spiro atoms. The van der Waals surface area contributed by atoms with E-state index >= 15 is 0 Å². The van der Waals surface area contributed by atoms with E-state index in [9.17, 15) is 9.59 Å². The lowest BCUT2D eigenvalue weighted by Crippen LogP contribution is -2.44. The Balaban J connectivity index is 1.85. The first-order valence-electron chi connectivity index (χ1n) is 10.2. The topological polar surface area (TPSA) is 56.5 Å². The molecule has 2 aromatic carbocycles. The van der Waals surface area contributed by atoms with Gasteiger partial charge in [0.1, 0.15) is 5.75 Å². The highest BCUT2D eigenvalue weighted by Crippen LogP contribution is 2.34. The van der Waals surface area contributed by atoms with Gasteiger partial charge in [-0.05, 0) is 42.8 Å². The molecule has 0 saturated heterocycles. The zero-order chi connectivity index (χ0) is 22.0. The number of ether oxygens (including phenoxy) is 1. The first-order chi connectivity index (χ1) is 15.0. The molecule has 31 heavy (non-hydrogen) atoms. The SMILES string of the molecule is CCOc1ccc(N2C=Cc3c(c(=O)n(C)c(=O)n3C)C2/C=C/c2ccccc2)cc1. The fourth-order valence-electron chi connectivity index (χ4n) is 3.83. The fraction of sp³-hybridized carbons (Fsp3) is 0.200. The van der Waals surface area contributed by atoms with E-state index in [1.165, 1.54) is 11.6 Å². The fourth-order valence-corrected chi connectivity index (χ4v) is 3.83. The smallest absolute Gasteiger partial charge is 0.330 e. The molecule has 0 bridgehead atoms. The summed E-state index contributed by atoms with van der Waals surface area (Å²) in [5, 5.41) is 0. The summed E-state index contributed by atoms with van der Waals surface area (Å²) in [6.07, 6.45) is 7.73. The quantitative estimate of drug-likeness (QED) is 0.637. The van der Waals surface area contributed by atoms with Crippen molar-refractivity contribution < 1.29 is 4.74 Å². The summed E-state index contributed by atoms with van der Waals surface area (Å²) in [6.45, 7) is 2.55. The van der Waals surface area contributed by atoms with Crippen LogP contribution in [-0.2, 0) is 14.1 Å². The van der Waals surface area contributed by atoms with Gasteiger partial charge in [0.05, 0.1) is 23.9 Å². The summed E-state index contributed by atoms with van der Waals surface area (Å²) in [6, 6.07) is 17.3. The van der Waals surface area contributed by atoms with Crippen LogP contribution in [0.2, 0.25) is 0 Å². The maximum absolute atomic E-state index is 13.2. The van der Waals surface area contributed by atoms with Crippen LogP contribution < -0.4 is 20.9 Å². The highest BCUT2D eigenvalue weighted by Gasteiger charge is 2.28. The van der Waals surface area contributed by atoms with Gasteiger partial charge in [0.2, 0.25) is 0 Å². The Morgan fingerprint density at radius 2 is 1.68 bits per heavy atom. The second-order valence-corrected chi connectivity index (χ2v) is 7.37. The van der Waals surface area contributed by atoms with Crippen LogP contribution in [0.1, 0.15) is 29.8 Å². The third-order valence-corrected chi connectivity index (χ3v) is 5.45. The van der Waals surface area contributed by atoms with Crippen molar-refractivity contribution in [2.45, 2.75) is 13.0 Å². The molecule has 1 aliphatic rings. The van der Waals surface area contributed by atoms with Gasteiger partial charge >= 0.3 is 5.69 Å². The Morgan fingerprint density at radius 3 is 2.35 bits per heavy atom. The van der Waals surface area contributed by atoms with E-state index in [0.717, 1.165) is 21.6 Å². The van der Waals surface area contributed by atoms with Gasteiger partial charge in [0, 0.05) is 26.0 Å². The number of hydrogen-bond donors (Lipinski definition) is 0. The first-order valence-corrected chi connectivity index (χ1v) is 10.2. The maximum Gasteiger partial charge on any atom is 0.330 e. The molecule has 0 radical (unpaired) electrons. The standard InChI is InChI=1S/C25H25N3O3/c1-4-31-20-13-11-19(12-14-20)28-17-16-21-23(24(29)27(3)25(30)26(21)2)22(28)15-10-18-8-6-5-7-9-18/h5-17,22H,4H2,1-3H3/b15-10+. The van der Waals surface area contributed by atoms with Crippen molar-refractivity contribution in [3.8, 4) is 5.75 Å². The monoisotopic (exact) mass is 415 g/mol. The second kappa shape index (κ2) is 8.52. The Hall–Kier alpha value is -3.80. The third kappa shape index (κ3) is 3.84. The van der Waals surface area contributed by atoms with Crippen LogP contribution in [0.15, 0.2) is 76.5 Å². The molecule has 6 heteroatoms. The molecule has 1 aromatic heterocycles. The highest BCUT2D eigenvalue weighted by atomic mass is 16.5. The van der Waals surface area contributed by atoms with Gasteiger partial charge in [-0.25, -0.2) is 4.79 Å². The van der Waals surface area contributed by atoms with Crippen LogP contribution >= 0.6 is 0 Å². The number of aromatic nitrogens is 2. The summed E-state index contributed by atoms with van der Waals surface area (Å²) in [7, 11) is 3.21. The summed E-state index contributed by atoms with van der Waals surface area (Å²) in [5.74, 6) is 0.794. The van der Waals surface area contributed by atoms with Gasteiger partial charge in [-0.3, -0.25) is 13.9 Å². The van der Waals surface area contributed by atoms with Crippen LogP contribution in [0.3, 0.4) is 0 Å². The molecule has 1 aliphatic heterocycles. The van der Waals surface area contributed by atoms with Crippen molar-refractivity contribution >= 4 is 17.8 Å². The number of fused-ring (bicyclic) bond motifs is 1. The Bertz CT molecular complexity index is 1250. The predicted octanol–water partition coefficient (Wildman–Crippen LogP) is 3.73. The van der Waals surface area contributed by atoms with E-state index in [4.69, 9.17) is 4.74 Å². The molecule has 0 N–H and O–H groups in total. The van der Waals surface area contributed by atoms with Crippen molar-refractivity contribution in [2.75, 3.05) is 11.5 Å². The van der Waals surface area contributed by atoms with Gasteiger partial charge in [-0.2, -0.15) is 0 Å². The molecule has 2 heterocycles. The molecule has 0 aliphatic carbocycles. The van der Waals surface area contributed by atoms with Crippen molar-refractivity contribution in [1.29, 1.82) is 0 Å². The molecule has 4 rings (SSSR count). The maximum atomic E-state index is 13.2. The van der Waals surface area contributed by atoms with Crippen molar-refractivity contribution in [2.24, 2.45) is 14.1 Å². The van der Waals surface area contributed by atoms with Crippen LogP contribution in [0.25, 0.3) is 12.2 Å². The average molecular weight is 415 g/mol. The lowest BCUT2D eigenvalue weighted by Gasteiger charge is -2.33. The van der Waals surface area contributed by atoms with Crippen molar-refractivity contribution in [1.82, 2.24) is 9.13 Å². The largest absolute Gasteiger partial charge is 0.494 e. The number of hydrogen-bond acceptors (Lipinski definition) is 4.